The molecule has 1 N–H and O–H groups in total. The van der Waals surface area contributed by atoms with Crippen molar-refractivity contribution in [3.05, 3.63) is 71.2 Å². The fourth-order valence-corrected chi connectivity index (χ4v) is 3.45. The van der Waals surface area contributed by atoms with Crippen LogP contribution in [0, 0.1) is 6.92 Å². The van der Waals surface area contributed by atoms with Crippen molar-refractivity contribution in [2.75, 3.05) is 0 Å². The molecular formula is C19H19N3O. The van der Waals surface area contributed by atoms with Gasteiger partial charge in [0.2, 0.25) is 0 Å². The van der Waals surface area contributed by atoms with Gasteiger partial charge in [0.15, 0.2) is 0 Å². The van der Waals surface area contributed by atoms with Crippen LogP contribution >= 0.6 is 0 Å². The van der Waals surface area contributed by atoms with E-state index in [1.807, 2.05) is 35.7 Å². The number of carbonyl (C=O) groups is 1. The smallest absolute Gasteiger partial charge is 0.255 e. The summed E-state index contributed by atoms with van der Waals surface area (Å²) < 4.78 is 1.95. The van der Waals surface area contributed by atoms with Gasteiger partial charge in [0.1, 0.15) is 5.65 Å². The van der Waals surface area contributed by atoms with E-state index in [4.69, 9.17) is 0 Å². The van der Waals surface area contributed by atoms with Crippen LogP contribution in [0.2, 0.25) is 0 Å². The summed E-state index contributed by atoms with van der Waals surface area (Å²) in [6.07, 6.45) is 6.84. The molecule has 1 amide bonds. The molecule has 2 heterocycles. The molecule has 3 aromatic rings. The van der Waals surface area contributed by atoms with Gasteiger partial charge in [-0.15, -0.1) is 0 Å². The summed E-state index contributed by atoms with van der Waals surface area (Å²) in [5, 5.41) is 3.20. The largest absolute Gasteiger partial charge is 0.345 e. The normalized spacial score (nSPS) is 17.0. The Bertz CT molecular complexity index is 881. The molecular weight excluding hydrogens is 286 g/mol. The Morgan fingerprint density at radius 3 is 3.04 bits per heavy atom. The highest BCUT2D eigenvalue weighted by Gasteiger charge is 2.23. The summed E-state index contributed by atoms with van der Waals surface area (Å²) in [6.45, 7) is 2.01. The number of hydrogen-bond acceptors (Lipinski definition) is 2. The lowest BCUT2D eigenvalue weighted by atomic mass is 9.87. The zero-order valence-electron chi connectivity index (χ0n) is 13.1. The van der Waals surface area contributed by atoms with Gasteiger partial charge in [-0.1, -0.05) is 24.3 Å². The van der Waals surface area contributed by atoms with Crippen molar-refractivity contribution in [3.63, 3.8) is 0 Å². The van der Waals surface area contributed by atoms with Crippen LogP contribution in [0.15, 0.2) is 48.8 Å². The molecule has 0 aliphatic heterocycles. The maximum atomic E-state index is 12.7. The van der Waals surface area contributed by atoms with E-state index in [2.05, 4.69) is 28.5 Å². The number of rotatable bonds is 2. The van der Waals surface area contributed by atoms with Crippen molar-refractivity contribution in [3.8, 4) is 0 Å². The van der Waals surface area contributed by atoms with Crippen LogP contribution < -0.4 is 5.32 Å². The second-order valence-corrected chi connectivity index (χ2v) is 6.13. The third-order valence-electron chi connectivity index (χ3n) is 4.67. The monoisotopic (exact) mass is 305 g/mol. The molecule has 0 spiro atoms. The fourth-order valence-electron chi connectivity index (χ4n) is 3.45. The van der Waals surface area contributed by atoms with E-state index < -0.39 is 0 Å². The van der Waals surface area contributed by atoms with E-state index in [1.54, 1.807) is 6.20 Å². The fraction of sp³-hybridized carbons (Fsp3) is 0.263. The van der Waals surface area contributed by atoms with E-state index in [0.717, 1.165) is 25.0 Å². The van der Waals surface area contributed by atoms with E-state index in [-0.39, 0.29) is 11.9 Å². The minimum Gasteiger partial charge on any atom is -0.345 e. The third-order valence-corrected chi connectivity index (χ3v) is 4.67. The molecule has 0 radical (unpaired) electrons. The summed E-state index contributed by atoms with van der Waals surface area (Å²) in [6, 6.07) is 12.3. The van der Waals surface area contributed by atoms with Crippen LogP contribution in [0.25, 0.3) is 5.65 Å². The number of hydrogen-bond donors (Lipinski definition) is 1. The average Bonchev–Trinajstić information content (AvgIpc) is 3.01. The molecule has 0 bridgehead atoms. The highest BCUT2D eigenvalue weighted by Crippen LogP contribution is 2.29. The number of benzene rings is 1. The zero-order chi connectivity index (χ0) is 15.8. The van der Waals surface area contributed by atoms with Crippen LogP contribution in [0.3, 0.4) is 0 Å². The molecule has 1 aromatic carbocycles. The average molecular weight is 305 g/mol. The predicted octanol–water partition coefficient (Wildman–Crippen LogP) is 3.45. The molecule has 4 rings (SSSR count). The van der Waals surface area contributed by atoms with Crippen LogP contribution in [0.5, 0.6) is 0 Å². The van der Waals surface area contributed by atoms with Gasteiger partial charge >= 0.3 is 0 Å². The summed E-state index contributed by atoms with van der Waals surface area (Å²) in [5.74, 6) is -0.0488. The lowest BCUT2D eigenvalue weighted by Crippen LogP contribution is -2.31. The third kappa shape index (κ3) is 2.40. The first-order valence-electron chi connectivity index (χ1n) is 8.05. The van der Waals surface area contributed by atoms with Gasteiger partial charge in [-0.3, -0.25) is 4.79 Å². The second-order valence-electron chi connectivity index (χ2n) is 6.13. The van der Waals surface area contributed by atoms with Gasteiger partial charge in [-0.2, -0.15) is 0 Å². The molecule has 23 heavy (non-hydrogen) atoms. The van der Waals surface area contributed by atoms with E-state index in [0.29, 0.717) is 11.2 Å². The first-order valence-corrected chi connectivity index (χ1v) is 8.05. The lowest BCUT2D eigenvalue weighted by Gasteiger charge is -2.26. The van der Waals surface area contributed by atoms with E-state index >= 15 is 0 Å². The van der Waals surface area contributed by atoms with Gasteiger partial charge in [-0.25, -0.2) is 4.98 Å². The number of carbonyl (C=O) groups excluding carboxylic acids is 1. The number of amides is 1. The molecule has 2 aromatic heterocycles. The SMILES string of the molecule is Cc1ccnc2c(C(=O)NC3CCCc4ccccc43)ccn12. The maximum absolute atomic E-state index is 12.7. The Morgan fingerprint density at radius 2 is 2.13 bits per heavy atom. The Balaban J connectivity index is 1.65. The van der Waals surface area contributed by atoms with Crippen LogP contribution in [-0.2, 0) is 6.42 Å². The number of nitrogens with one attached hydrogen (secondary N) is 1. The number of nitrogens with zero attached hydrogens (tertiary/aromatic N) is 2. The molecule has 1 aliphatic rings. The predicted molar refractivity (Wildman–Crippen MR) is 89.5 cm³/mol. The minimum absolute atomic E-state index is 0.0488. The van der Waals surface area contributed by atoms with Gasteiger partial charge < -0.3 is 9.72 Å². The molecule has 116 valence electrons. The maximum Gasteiger partial charge on any atom is 0.255 e. The van der Waals surface area contributed by atoms with Gasteiger partial charge in [0.05, 0.1) is 11.6 Å². The first-order chi connectivity index (χ1) is 11.2. The molecule has 1 unspecified atom stereocenters. The minimum atomic E-state index is -0.0488. The van der Waals surface area contributed by atoms with E-state index in [1.165, 1.54) is 11.1 Å². The lowest BCUT2D eigenvalue weighted by molar-refractivity contribution is 0.0934. The molecule has 4 heteroatoms. The Kier molecular flexibility index (Phi) is 3.37. The van der Waals surface area contributed by atoms with Crippen molar-refractivity contribution in [2.45, 2.75) is 32.2 Å². The van der Waals surface area contributed by atoms with Crippen molar-refractivity contribution in [1.29, 1.82) is 0 Å². The number of aryl methyl sites for hydroxylation is 2. The Labute approximate surface area is 135 Å². The molecule has 0 saturated heterocycles. The second kappa shape index (κ2) is 5.54. The van der Waals surface area contributed by atoms with Crippen LogP contribution in [0.4, 0.5) is 0 Å². The Hall–Kier alpha value is -2.62. The van der Waals surface area contributed by atoms with Gasteiger partial charge in [-0.05, 0) is 49.4 Å². The molecule has 0 saturated carbocycles. The van der Waals surface area contributed by atoms with Gasteiger partial charge in [0.25, 0.3) is 5.91 Å². The van der Waals surface area contributed by atoms with Crippen molar-refractivity contribution < 1.29 is 4.79 Å². The molecule has 0 fully saturated rings. The topological polar surface area (TPSA) is 46.4 Å². The van der Waals surface area contributed by atoms with Crippen LogP contribution in [0.1, 0.15) is 46.1 Å². The quantitative estimate of drug-likeness (QED) is 0.788. The summed E-state index contributed by atoms with van der Waals surface area (Å²) in [4.78, 5) is 17.1. The summed E-state index contributed by atoms with van der Waals surface area (Å²) >= 11 is 0. The van der Waals surface area contributed by atoms with Crippen molar-refractivity contribution in [1.82, 2.24) is 14.7 Å². The standard InChI is InChI=1S/C19H19N3O/c1-13-9-11-20-18-16(10-12-22(13)18)19(23)21-17-8-4-6-14-5-2-3-7-15(14)17/h2-3,5,7,9-12,17H,4,6,8H2,1H3,(H,21,23). The molecule has 1 atom stereocenters. The van der Waals surface area contributed by atoms with Crippen molar-refractivity contribution in [2.24, 2.45) is 0 Å². The van der Waals surface area contributed by atoms with E-state index in [9.17, 15) is 4.79 Å². The Morgan fingerprint density at radius 1 is 1.26 bits per heavy atom. The summed E-state index contributed by atoms with van der Waals surface area (Å²) in [5.41, 5.74) is 5.01. The molecule has 1 aliphatic carbocycles. The van der Waals surface area contributed by atoms with Crippen molar-refractivity contribution >= 4 is 11.6 Å². The number of aromatic nitrogens is 2. The highest BCUT2D eigenvalue weighted by molar-refractivity contribution is 6.00. The molecule has 4 nitrogen and oxygen atoms in total. The first kappa shape index (κ1) is 14.0. The van der Waals surface area contributed by atoms with Crippen LogP contribution in [-0.4, -0.2) is 15.3 Å². The number of fused-ring (bicyclic) bond motifs is 2. The zero-order valence-corrected chi connectivity index (χ0v) is 13.1. The summed E-state index contributed by atoms with van der Waals surface area (Å²) in [7, 11) is 0. The highest BCUT2D eigenvalue weighted by atomic mass is 16.1. The van der Waals surface area contributed by atoms with Gasteiger partial charge in [0, 0.05) is 18.1 Å².